The van der Waals surface area contributed by atoms with Crippen LogP contribution in [0.25, 0.3) is 22.3 Å². The van der Waals surface area contributed by atoms with Crippen molar-refractivity contribution in [2.24, 2.45) is 5.10 Å². The van der Waals surface area contributed by atoms with Gasteiger partial charge in [0, 0.05) is 15.6 Å². The molecule has 224 valence electrons. The molecule has 0 N–H and O–H groups in total. The van der Waals surface area contributed by atoms with Crippen LogP contribution in [-0.4, -0.2) is 29.3 Å². The van der Waals surface area contributed by atoms with Crippen LogP contribution in [-0.2, 0) is 12.8 Å². The van der Waals surface area contributed by atoms with Crippen LogP contribution >= 0.6 is 15.9 Å². The SMILES string of the molecule is CCOc1cc(C=Nn2c(-c3cccc(C(F)(F)F)c3)nc3ccccc3c2=O)c(Br)cc1OCc1ccc2c(c1)OCO2. The van der Waals surface area contributed by atoms with Gasteiger partial charge < -0.3 is 18.9 Å². The fraction of sp³-hybridized carbons (Fsp3) is 0.156. The van der Waals surface area contributed by atoms with E-state index < -0.39 is 17.3 Å². The maximum Gasteiger partial charge on any atom is 0.416 e. The molecule has 4 aromatic carbocycles. The molecule has 0 spiro atoms. The van der Waals surface area contributed by atoms with E-state index in [9.17, 15) is 18.0 Å². The zero-order valence-electron chi connectivity index (χ0n) is 23.1. The predicted octanol–water partition coefficient (Wildman–Crippen LogP) is 7.43. The van der Waals surface area contributed by atoms with Crippen molar-refractivity contribution in [3.63, 3.8) is 0 Å². The number of nitrogens with zero attached hydrogens (tertiary/aromatic N) is 3. The van der Waals surface area contributed by atoms with Gasteiger partial charge in [-0.1, -0.05) is 30.3 Å². The Morgan fingerprint density at radius 3 is 2.59 bits per heavy atom. The van der Waals surface area contributed by atoms with Gasteiger partial charge in [-0.15, -0.1) is 0 Å². The second kappa shape index (κ2) is 12.0. The first kappa shape index (κ1) is 29.2. The maximum absolute atomic E-state index is 13.5. The van der Waals surface area contributed by atoms with E-state index >= 15 is 0 Å². The highest BCUT2D eigenvalue weighted by Gasteiger charge is 2.31. The summed E-state index contributed by atoms with van der Waals surface area (Å²) in [5.41, 5.74) is 0.404. The third kappa shape index (κ3) is 5.98. The van der Waals surface area contributed by atoms with Crippen molar-refractivity contribution in [2.75, 3.05) is 13.4 Å². The highest BCUT2D eigenvalue weighted by atomic mass is 79.9. The van der Waals surface area contributed by atoms with Crippen LogP contribution in [0.3, 0.4) is 0 Å². The summed E-state index contributed by atoms with van der Waals surface area (Å²) < 4.78 is 64.8. The van der Waals surface area contributed by atoms with Crippen molar-refractivity contribution in [2.45, 2.75) is 19.7 Å². The molecular formula is C32H23BrF3N3O5. The Balaban J connectivity index is 1.37. The first-order chi connectivity index (χ1) is 21.2. The van der Waals surface area contributed by atoms with Crippen molar-refractivity contribution in [1.82, 2.24) is 9.66 Å². The lowest BCUT2D eigenvalue weighted by atomic mass is 10.1. The highest BCUT2D eigenvalue weighted by molar-refractivity contribution is 9.10. The van der Waals surface area contributed by atoms with Gasteiger partial charge in [0.05, 0.1) is 29.3 Å². The second-order valence-electron chi connectivity index (χ2n) is 9.62. The quantitative estimate of drug-likeness (QED) is 0.160. The van der Waals surface area contributed by atoms with Crippen LogP contribution in [0.2, 0.25) is 0 Å². The van der Waals surface area contributed by atoms with Gasteiger partial charge in [0.15, 0.2) is 28.8 Å². The van der Waals surface area contributed by atoms with E-state index in [-0.39, 0.29) is 30.2 Å². The van der Waals surface area contributed by atoms with Gasteiger partial charge in [0.25, 0.3) is 5.56 Å². The van der Waals surface area contributed by atoms with Crippen molar-refractivity contribution in [3.05, 3.63) is 110 Å². The first-order valence-corrected chi connectivity index (χ1v) is 14.2. The molecule has 2 heterocycles. The monoisotopic (exact) mass is 665 g/mol. The van der Waals surface area contributed by atoms with Gasteiger partial charge in [0.2, 0.25) is 6.79 Å². The van der Waals surface area contributed by atoms with Gasteiger partial charge in [-0.2, -0.15) is 22.9 Å². The Hall–Kier alpha value is -4.84. The van der Waals surface area contributed by atoms with Crippen molar-refractivity contribution in [3.8, 4) is 34.4 Å². The third-order valence-corrected chi connectivity index (χ3v) is 7.40. The molecule has 0 aliphatic carbocycles. The molecule has 0 saturated carbocycles. The summed E-state index contributed by atoms with van der Waals surface area (Å²) in [5.74, 6) is 2.17. The van der Waals surface area contributed by atoms with Crippen LogP contribution in [0.4, 0.5) is 13.2 Å². The lowest BCUT2D eigenvalue weighted by Gasteiger charge is -2.14. The molecule has 8 nitrogen and oxygen atoms in total. The molecule has 0 amide bonds. The summed E-state index contributed by atoms with van der Waals surface area (Å²) in [7, 11) is 0. The number of hydrogen-bond acceptors (Lipinski definition) is 7. The number of ether oxygens (including phenoxy) is 4. The molecule has 0 saturated heterocycles. The van der Waals surface area contributed by atoms with E-state index in [0.29, 0.717) is 45.2 Å². The van der Waals surface area contributed by atoms with E-state index in [1.165, 1.54) is 18.3 Å². The molecule has 6 rings (SSSR count). The minimum Gasteiger partial charge on any atom is -0.490 e. The fourth-order valence-electron chi connectivity index (χ4n) is 4.59. The summed E-state index contributed by atoms with van der Waals surface area (Å²) in [6.45, 7) is 2.59. The molecule has 12 heteroatoms. The normalized spacial score (nSPS) is 12.7. The Kier molecular flexibility index (Phi) is 8.00. The van der Waals surface area contributed by atoms with Crippen molar-refractivity contribution >= 4 is 33.0 Å². The minimum absolute atomic E-state index is 0.0408. The maximum atomic E-state index is 13.5. The van der Waals surface area contributed by atoms with Crippen LogP contribution in [0.15, 0.2) is 93.2 Å². The van der Waals surface area contributed by atoms with E-state index in [2.05, 4.69) is 26.0 Å². The molecule has 1 aromatic heterocycles. The van der Waals surface area contributed by atoms with E-state index in [1.807, 2.05) is 25.1 Å². The molecular weight excluding hydrogens is 643 g/mol. The van der Waals surface area contributed by atoms with Gasteiger partial charge in [0.1, 0.15) is 6.61 Å². The highest BCUT2D eigenvalue weighted by Crippen LogP contribution is 2.36. The number of aromatic nitrogens is 2. The Morgan fingerprint density at radius 1 is 0.977 bits per heavy atom. The zero-order valence-corrected chi connectivity index (χ0v) is 24.7. The van der Waals surface area contributed by atoms with Crippen LogP contribution < -0.4 is 24.5 Å². The van der Waals surface area contributed by atoms with Gasteiger partial charge in [-0.25, -0.2) is 4.98 Å². The number of halogens is 4. The third-order valence-electron chi connectivity index (χ3n) is 6.71. The van der Waals surface area contributed by atoms with Crippen molar-refractivity contribution < 1.29 is 32.1 Å². The lowest BCUT2D eigenvalue weighted by molar-refractivity contribution is -0.137. The molecule has 0 bridgehead atoms. The van der Waals surface area contributed by atoms with E-state index in [0.717, 1.165) is 22.4 Å². The van der Waals surface area contributed by atoms with Crippen LogP contribution in [0.1, 0.15) is 23.6 Å². The largest absolute Gasteiger partial charge is 0.490 e. The molecule has 44 heavy (non-hydrogen) atoms. The van der Waals surface area contributed by atoms with Crippen LogP contribution in [0, 0.1) is 0 Å². The molecule has 0 fully saturated rings. The predicted molar refractivity (Wildman–Crippen MR) is 162 cm³/mol. The molecule has 0 unspecified atom stereocenters. The zero-order chi connectivity index (χ0) is 30.8. The summed E-state index contributed by atoms with van der Waals surface area (Å²) in [5, 5.41) is 4.66. The molecule has 0 radical (unpaired) electrons. The fourth-order valence-corrected chi connectivity index (χ4v) is 5.02. The summed E-state index contributed by atoms with van der Waals surface area (Å²) in [6.07, 6.45) is -3.17. The van der Waals surface area contributed by atoms with Gasteiger partial charge >= 0.3 is 6.18 Å². The topological polar surface area (TPSA) is 84.2 Å². The Morgan fingerprint density at radius 2 is 1.77 bits per heavy atom. The summed E-state index contributed by atoms with van der Waals surface area (Å²) >= 11 is 3.53. The lowest BCUT2D eigenvalue weighted by Crippen LogP contribution is -2.20. The number of rotatable bonds is 8. The van der Waals surface area contributed by atoms with E-state index in [1.54, 1.807) is 36.4 Å². The summed E-state index contributed by atoms with van der Waals surface area (Å²) in [6, 6.07) is 20.1. The molecule has 5 aromatic rings. The number of alkyl halides is 3. The van der Waals surface area contributed by atoms with Gasteiger partial charge in [-0.05, 0) is 76.9 Å². The molecule has 1 aliphatic heterocycles. The average Bonchev–Trinajstić information content (AvgIpc) is 3.49. The number of hydrogen-bond donors (Lipinski definition) is 0. The minimum atomic E-state index is -4.58. The number of para-hydroxylation sites is 1. The molecule has 1 aliphatic rings. The molecule has 0 atom stereocenters. The van der Waals surface area contributed by atoms with Crippen LogP contribution in [0.5, 0.6) is 23.0 Å². The van der Waals surface area contributed by atoms with E-state index in [4.69, 9.17) is 18.9 Å². The smallest absolute Gasteiger partial charge is 0.416 e. The second-order valence-corrected chi connectivity index (χ2v) is 10.5. The Labute approximate surface area is 257 Å². The van der Waals surface area contributed by atoms with Gasteiger partial charge in [-0.3, -0.25) is 4.79 Å². The first-order valence-electron chi connectivity index (χ1n) is 13.4. The summed E-state index contributed by atoms with van der Waals surface area (Å²) in [4.78, 5) is 18.0. The standard InChI is InChI=1S/C32H23BrF3N3O5/c1-2-41-28-14-21(24(33)15-29(28)42-17-19-10-11-26-27(12-19)44-18-43-26)16-37-39-30(20-6-5-7-22(13-20)32(34,35)36)38-25-9-4-3-8-23(25)31(39)40/h3-16H,2,17-18H2,1H3. The number of benzene rings is 4. The Bertz CT molecular complexity index is 1960. The number of fused-ring (bicyclic) bond motifs is 2. The van der Waals surface area contributed by atoms with Crippen molar-refractivity contribution in [1.29, 1.82) is 0 Å². The average molecular weight is 666 g/mol.